The van der Waals surface area contributed by atoms with Crippen LogP contribution in [0.5, 0.6) is 0 Å². The third-order valence-electron chi connectivity index (χ3n) is 3.00. The van der Waals surface area contributed by atoms with Gasteiger partial charge in [-0.05, 0) is 29.2 Å². The van der Waals surface area contributed by atoms with Gasteiger partial charge in [-0.25, -0.2) is 0 Å². The molecule has 0 saturated carbocycles. The second-order valence-corrected chi connectivity index (χ2v) is 7.06. The highest BCUT2D eigenvalue weighted by Gasteiger charge is 2.19. The van der Waals surface area contributed by atoms with Gasteiger partial charge in [0.1, 0.15) is 6.07 Å². The van der Waals surface area contributed by atoms with Crippen LogP contribution in [0.25, 0.3) is 0 Å². The lowest BCUT2D eigenvalue weighted by Crippen LogP contribution is -2.12. The lowest BCUT2D eigenvalue weighted by atomic mass is 9.87. The molecule has 0 aliphatic rings. The van der Waals surface area contributed by atoms with Crippen LogP contribution < -0.4 is 0 Å². The van der Waals surface area contributed by atoms with Crippen LogP contribution in [0.4, 0.5) is 0 Å². The first-order valence-corrected chi connectivity index (χ1v) is 7.59. The SMILES string of the molecule is CC(C)(C)c1ccccc1Sc1cccc(Cl)c1C#N. The van der Waals surface area contributed by atoms with Gasteiger partial charge in [0.2, 0.25) is 0 Å². The third kappa shape index (κ3) is 3.17. The van der Waals surface area contributed by atoms with Gasteiger partial charge in [0.25, 0.3) is 0 Å². The van der Waals surface area contributed by atoms with E-state index in [1.165, 1.54) is 10.5 Å². The number of nitriles is 1. The van der Waals surface area contributed by atoms with Gasteiger partial charge in [0.05, 0.1) is 10.6 Å². The minimum absolute atomic E-state index is 0.0645. The fraction of sp³-hybridized carbons (Fsp3) is 0.235. The second kappa shape index (κ2) is 5.91. The lowest BCUT2D eigenvalue weighted by molar-refractivity contribution is 0.578. The fourth-order valence-electron chi connectivity index (χ4n) is 1.99. The van der Waals surface area contributed by atoms with Crippen LogP contribution in [0.1, 0.15) is 31.9 Å². The van der Waals surface area contributed by atoms with Crippen molar-refractivity contribution in [3.63, 3.8) is 0 Å². The van der Waals surface area contributed by atoms with Gasteiger partial charge in [0, 0.05) is 9.79 Å². The maximum Gasteiger partial charge on any atom is 0.102 e. The van der Waals surface area contributed by atoms with E-state index >= 15 is 0 Å². The van der Waals surface area contributed by atoms with Gasteiger partial charge < -0.3 is 0 Å². The molecule has 1 nitrogen and oxygen atoms in total. The van der Waals surface area contributed by atoms with E-state index < -0.39 is 0 Å². The summed E-state index contributed by atoms with van der Waals surface area (Å²) >= 11 is 7.69. The molecule has 0 spiro atoms. The van der Waals surface area contributed by atoms with Crippen LogP contribution in [0.2, 0.25) is 5.02 Å². The highest BCUT2D eigenvalue weighted by atomic mass is 35.5. The van der Waals surface area contributed by atoms with Crippen molar-refractivity contribution >= 4 is 23.4 Å². The zero-order chi connectivity index (χ0) is 14.8. The highest BCUT2D eigenvalue weighted by Crippen LogP contribution is 2.38. The average molecular weight is 302 g/mol. The Labute approximate surface area is 129 Å². The molecule has 0 saturated heterocycles. The smallest absolute Gasteiger partial charge is 0.102 e. The Bertz CT molecular complexity index is 665. The van der Waals surface area contributed by atoms with Crippen LogP contribution in [0, 0.1) is 11.3 Å². The van der Waals surface area contributed by atoms with Crippen LogP contribution in [-0.4, -0.2) is 0 Å². The molecule has 0 aliphatic carbocycles. The van der Waals surface area contributed by atoms with Gasteiger partial charge >= 0.3 is 0 Å². The van der Waals surface area contributed by atoms with E-state index in [1.807, 2.05) is 24.3 Å². The van der Waals surface area contributed by atoms with Crippen molar-refractivity contribution in [2.45, 2.75) is 36.0 Å². The summed E-state index contributed by atoms with van der Waals surface area (Å²) < 4.78 is 0. The molecular weight excluding hydrogens is 286 g/mol. The Kier molecular flexibility index (Phi) is 4.42. The molecule has 3 heteroatoms. The van der Waals surface area contributed by atoms with Crippen molar-refractivity contribution in [2.24, 2.45) is 0 Å². The first-order valence-electron chi connectivity index (χ1n) is 6.39. The molecule has 0 radical (unpaired) electrons. The molecule has 2 aromatic carbocycles. The van der Waals surface area contributed by atoms with E-state index in [9.17, 15) is 5.26 Å². The minimum Gasteiger partial charge on any atom is -0.192 e. The van der Waals surface area contributed by atoms with Crippen molar-refractivity contribution in [3.8, 4) is 6.07 Å². The Balaban J connectivity index is 2.47. The topological polar surface area (TPSA) is 23.8 Å². The van der Waals surface area contributed by atoms with Crippen LogP contribution >= 0.6 is 23.4 Å². The van der Waals surface area contributed by atoms with Gasteiger partial charge in [-0.1, -0.05) is 68.4 Å². The number of rotatable bonds is 2. The molecule has 102 valence electrons. The Morgan fingerprint density at radius 1 is 1.00 bits per heavy atom. The fourth-order valence-corrected chi connectivity index (χ4v) is 3.54. The summed E-state index contributed by atoms with van der Waals surface area (Å²) in [4.78, 5) is 2.07. The van der Waals surface area contributed by atoms with Crippen molar-refractivity contribution in [1.82, 2.24) is 0 Å². The zero-order valence-corrected chi connectivity index (χ0v) is 13.3. The number of benzene rings is 2. The number of hydrogen-bond donors (Lipinski definition) is 0. The van der Waals surface area contributed by atoms with Crippen LogP contribution in [0.15, 0.2) is 52.3 Å². The van der Waals surface area contributed by atoms with E-state index in [-0.39, 0.29) is 5.41 Å². The quantitative estimate of drug-likeness (QED) is 0.714. The summed E-state index contributed by atoms with van der Waals surface area (Å²) in [7, 11) is 0. The first kappa shape index (κ1) is 15.0. The summed E-state index contributed by atoms with van der Waals surface area (Å²) in [5, 5.41) is 9.76. The minimum atomic E-state index is 0.0645. The van der Waals surface area contributed by atoms with Gasteiger partial charge in [-0.15, -0.1) is 0 Å². The van der Waals surface area contributed by atoms with Crippen LogP contribution in [-0.2, 0) is 5.41 Å². The molecule has 0 atom stereocenters. The van der Waals surface area contributed by atoms with Gasteiger partial charge in [-0.3, -0.25) is 0 Å². The average Bonchev–Trinajstić information content (AvgIpc) is 2.38. The van der Waals surface area contributed by atoms with Gasteiger partial charge in [-0.2, -0.15) is 5.26 Å². The summed E-state index contributed by atoms with van der Waals surface area (Å²) in [6.45, 7) is 6.57. The summed E-state index contributed by atoms with van der Waals surface area (Å²) in [5.74, 6) is 0. The Hall–Kier alpha value is -1.43. The van der Waals surface area contributed by atoms with Crippen LogP contribution in [0.3, 0.4) is 0 Å². The van der Waals surface area contributed by atoms with Gasteiger partial charge in [0.15, 0.2) is 0 Å². The van der Waals surface area contributed by atoms with Crippen molar-refractivity contribution in [3.05, 3.63) is 58.6 Å². The molecule has 2 aromatic rings. The normalized spacial score (nSPS) is 11.2. The van der Waals surface area contributed by atoms with E-state index in [1.54, 1.807) is 17.8 Å². The largest absolute Gasteiger partial charge is 0.192 e. The Morgan fingerprint density at radius 3 is 2.30 bits per heavy atom. The monoisotopic (exact) mass is 301 g/mol. The molecule has 0 fully saturated rings. The molecule has 0 bridgehead atoms. The maximum absolute atomic E-state index is 9.26. The number of nitrogens with zero attached hydrogens (tertiary/aromatic N) is 1. The van der Waals surface area contributed by atoms with Crippen molar-refractivity contribution < 1.29 is 0 Å². The molecule has 0 aromatic heterocycles. The number of hydrogen-bond acceptors (Lipinski definition) is 2. The summed E-state index contributed by atoms with van der Waals surface area (Å²) in [6, 6.07) is 16.1. The van der Waals surface area contributed by atoms with E-state index in [0.29, 0.717) is 10.6 Å². The lowest BCUT2D eigenvalue weighted by Gasteiger charge is -2.22. The van der Waals surface area contributed by atoms with Crippen molar-refractivity contribution in [1.29, 1.82) is 5.26 Å². The van der Waals surface area contributed by atoms with Crippen molar-refractivity contribution in [2.75, 3.05) is 0 Å². The Morgan fingerprint density at radius 2 is 1.65 bits per heavy atom. The van der Waals surface area contributed by atoms with E-state index in [4.69, 9.17) is 11.6 Å². The molecule has 2 rings (SSSR count). The molecule has 0 aliphatic heterocycles. The molecule has 0 unspecified atom stereocenters. The summed E-state index contributed by atoms with van der Waals surface area (Å²) in [5.41, 5.74) is 1.88. The molecule has 0 amide bonds. The molecular formula is C17H16ClNS. The molecule has 0 N–H and O–H groups in total. The highest BCUT2D eigenvalue weighted by molar-refractivity contribution is 7.99. The summed E-state index contributed by atoms with van der Waals surface area (Å²) in [6.07, 6.45) is 0. The third-order valence-corrected chi connectivity index (χ3v) is 4.45. The van der Waals surface area contributed by atoms with E-state index in [2.05, 4.69) is 39.0 Å². The van der Waals surface area contributed by atoms with E-state index in [0.717, 1.165) is 4.90 Å². The predicted molar refractivity (Wildman–Crippen MR) is 85.4 cm³/mol. The predicted octanol–water partition coefficient (Wildman–Crippen LogP) is 5.66. The standard InChI is InChI=1S/C17H16ClNS/c1-17(2,3)13-7-4-5-9-16(13)20-15-10-6-8-14(18)12(15)11-19/h4-10H,1-3H3. The zero-order valence-electron chi connectivity index (χ0n) is 11.8. The molecule has 0 heterocycles. The first-order chi connectivity index (χ1) is 9.43. The molecule has 20 heavy (non-hydrogen) atoms. The maximum atomic E-state index is 9.26. The number of halogens is 1. The second-order valence-electron chi connectivity index (χ2n) is 5.57.